The molecule has 4 nitrogen and oxygen atoms in total. The second-order valence-corrected chi connectivity index (χ2v) is 5.06. The maximum atomic E-state index is 4.38. The molecule has 1 N–H and O–H groups in total. The summed E-state index contributed by atoms with van der Waals surface area (Å²) in [6, 6.07) is 0. The Morgan fingerprint density at radius 2 is 2.06 bits per heavy atom. The Kier molecular flexibility index (Phi) is 3.28. The van der Waals surface area contributed by atoms with Crippen LogP contribution >= 0.6 is 0 Å². The Hall–Kier alpha value is -0.900. The van der Waals surface area contributed by atoms with Crippen molar-refractivity contribution < 1.29 is 0 Å². The predicted molar refractivity (Wildman–Crippen MR) is 64.3 cm³/mol. The lowest BCUT2D eigenvalue weighted by atomic mass is 10.0. The lowest BCUT2D eigenvalue weighted by molar-refractivity contribution is 0.370. The molecular formula is C12H22N4. The molecule has 1 aromatic rings. The van der Waals surface area contributed by atoms with E-state index in [9.17, 15) is 0 Å². The second kappa shape index (κ2) is 4.53. The quantitative estimate of drug-likeness (QED) is 0.848. The third-order valence-electron chi connectivity index (χ3n) is 3.29. The van der Waals surface area contributed by atoms with E-state index in [1.807, 2.05) is 0 Å². The van der Waals surface area contributed by atoms with Gasteiger partial charge < -0.3 is 9.88 Å². The summed E-state index contributed by atoms with van der Waals surface area (Å²) >= 11 is 0. The fraction of sp³-hybridized carbons (Fsp3) is 0.833. The molecule has 1 aliphatic heterocycles. The van der Waals surface area contributed by atoms with Gasteiger partial charge in [0.1, 0.15) is 5.82 Å². The summed E-state index contributed by atoms with van der Waals surface area (Å²) in [5.41, 5.74) is -0.0790. The maximum absolute atomic E-state index is 4.38. The normalized spacial score (nSPS) is 16.9. The Morgan fingerprint density at radius 1 is 1.25 bits per heavy atom. The van der Waals surface area contributed by atoms with Gasteiger partial charge in [-0.15, -0.1) is 10.2 Å². The monoisotopic (exact) mass is 222 g/mol. The zero-order valence-corrected chi connectivity index (χ0v) is 10.6. The van der Waals surface area contributed by atoms with Gasteiger partial charge >= 0.3 is 0 Å². The van der Waals surface area contributed by atoms with Crippen molar-refractivity contribution >= 4 is 0 Å². The molecule has 0 aliphatic carbocycles. The lowest BCUT2D eigenvalue weighted by Crippen LogP contribution is -2.39. The zero-order valence-electron chi connectivity index (χ0n) is 10.6. The highest BCUT2D eigenvalue weighted by molar-refractivity contribution is 5.07. The fourth-order valence-electron chi connectivity index (χ4n) is 2.47. The number of aromatic nitrogens is 3. The molecule has 1 aliphatic rings. The summed E-state index contributed by atoms with van der Waals surface area (Å²) in [7, 11) is 0. The van der Waals surface area contributed by atoms with Crippen molar-refractivity contribution in [2.24, 2.45) is 0 Å². The highest BCUT2D eigenvalue weighted by Gasteiger charge is 2.27. The van der Waals surface area contributed by atoms with Gasteiger partial charge in [-0.1, -0.05) is 13.3 Å². The maximum Gasteiger partial charge on any atom is 0.152 e. The van der Waals surface area contributed by atoms with Gasteiger partial charge in [-0.3, -0.25) is 0 Å². The fourth-order valence-corrected chi connectivity index (χ4v) is 2.47. The summed E-state index contributed by atoms with van der Waals surface area (Å²) in [6.45, 7) is 8.51. The Labute approximate surface area is 97.5 Å². The van der Waals surface area contributed by atoms with Crippen molar-refractivity contribution in [1.29, 1.82) is 0 Å². The Bertz CT molecular complexity index is 354. The predicted octanol–water partition coefficient (Wildman–Crippen LogP) is 1.85. The van der Waals surface area contributed by atoms with Crippen LogP contribution in [0.15, 0.2) is 0 Å². The third-order valence-corrected chi connectivity index (χ3v) is 3.29. The van der Waals surface area contributed by atoms with E-state index in [-0.39, 0.29) is 5.54 Å². The molecule has 0 aromatic carbocycles. The summed E-state index contributed by atoms with van der Waals surface area (Å²) in [6.07, 6.45) is 4.89. The molecule has 2 heterocycles. The average Bonchev–Trinajstić information content (AvgIpc) is 2.50. The number of aryl methyl sites for hydroxylation is 1. The van der Waals surface area contributed by atoms with Crippen molar-refractivity contribution in [2.45, 2.75) is 58.5 Å². The molecule has 0 saturated heterocycles. The molecule has 0 radical (unpaired) electrons. The first-order valence-electron chi connectivity index (χ1n) is 6.32. The van der Waals surface area contributed by atoms with Gasteiger partial charge in [0.05, 0.1) is 5.54 Å². The number of fused-ring (bicyclic) bond motifs is 1. The molecule has 16 heavy (non-hydrogen) atoms. The van der Waals surface area contributed by atoms with Gasteiger partial charge in [-0.2, -0.15) is 0 Å². The van der Waals surface area contributed by atoms with Crippen LogP contribution in [0.2, 0.25) is 0 Å². The summed E-state index contributed by atoms with van der Waals surface area (Å²) in [4.78, 5) is 0. The smallest absolute Gasteiger partial charge is 0.152 e. The Balaban J connectivity index is 2.31. The van der Waals surface area contributed by atoms with Crippen molar-refractivity contribution in [3.63, 3.8) is 0 Å². The van der Waals surface area contributed by atoms with Crippen LogP contribution < -0.4 is 5.32 Å². The minimum atomic E-state index is -0.0790. The number of rotatable bonds is 3. The first-order valence-corrected chi connectivity index (χ1v) is 6.32. The van der Waals surface area contributed by atoms with Crippen LogP contribution in [0.25, 0.3) is 0 Å². The van der Waals surface area contributed by atoms with Crippen LogP contribution in [0.3, 0.4) is 0 Å². The molecule has 0 spiro atoms. The van der Waals surface area contributed by atoms with Gasteiger partial charge in [0, 0.05) is 13.0 Å². The second-order valence-electron chi connectivity index (χ2n) is 5.06. The van der Waals surface area contributed by atoms with Gasteiger partial charge in [0.2, 0.25) is 0 Å². The molecular weight excluding hydrogens is 200 g/mol. The van der Waals surface area contributed by atoms with E-state index in [0.29, 0.717) is 0 Å². The molecule has 0 amide bonds. The number of nitrogens with one attached hydrogen (secondary N) is 1. The minimum Gasteiger partial charge on any atom is -0.313 e. The van der Waals surface area contributed by atoms with Crippen LogP contribution in [-0.4, -0.2) is 21.3 Å². The SMILES string of the molecule is CCNC(C)(C)c1nnc2n1CCCCC2. The number of hydrogen-bond donors (Lipinski definition) is 1. The van der Waals surface area contributed by atoms with E-state index in [1.54, 1.807) is 0 Å². The summed E-state index contributed by atoms with van der Waals surface area (Å²) in [5, 5.41) is 12.2. The number of hydrogen-bond acceptors (Lipinski definition) is 3. The lowest BCUT2D eigenvalue weighted by Gasteiger charge is -2.25. The van der Waals surface area contributed by atoms with Crippen LogP contribution in [0.1, 0.15) is 51.7 Å². The molecule has 0 bridgehead atoms. The molecule has 4 heteroatoms. The van der Waals surface area contributed by atoms with Crippen molar-refractivity contribution in [1.82, 2.24) is 20.1 Å². The van der Waals surface area contributed by atoms with Crippen LogP contribution in [0.4, 0.5) is 0 Å². The Morgan fingerprint density at radius 3 is 2.81 bits per heavy atom. The first-order chi connectivity index (χ1) is 7.65. The highest BCUT2D eigenvalue weighted by atomic mass is 15.3. The summed E-state index contributed by atoms with van der Waals surface area (Å²) < 4.78 is 2.32. The van der Waals surface area contributed by atoms with E-state index in [4.69, 9.17) is 0 Å². The zero-order chi connectivity index (χ0) is 11.6. The largest absolute Gasteiger partial charge is 0.313 e. The molecule has 0 unspecified atom stereocenters. The first kappa shape index (κ1) is 11.6. The number of nitrogens with zero attached hydrogens (tertiary/aromatic N) is 3. The van der Waals surface area contributed by atoms with E-state index in [0.717, 1.165) is 25.3 Å². The van der Waals surface area contributed by atoms with E-state index >= 15 is 0 Å². The molecule has 0 atom stereocenters. The van der Waals surface area contributed by atoms with Gasteiger partial charge in [-0.05, 0) is 33.2 Å². The van der Waals surface area contributed by atoms with E-state index in [2.05, 4.69) is 40.9 Å². The van der Waals surface area contributed by atoms with Crippen LogP contribution in [-0.2, 0) is 18.5 Å². The molecule has 0 fully saturated rings. The van der Waals surface area contributed by atoms with Gasteiger partial charge in [0.15, 0.2) is 5.82 Å². The van der Waals surface area contributed by atoms with E-state index in [1.165, 1.54) is 25.1 Å². The van der Waals surface area contributed by atoms with Crippen LogP contribution in [0, 0.1) is 0 Å². The topological polar surface area (TPSA) is 42.7 Å². The van der Waals surface area contributed by atoms with Crippen molar-refractivity contribution in [3.8, 4) is 0 Å². The van der Waals surface area contributed by atoms with Gasteiger partial charge in [0.25, 0.3) is 0 Å². The van der Waals surface area contributed by atoms with Crippen molar-refractivity contribution in [3.05, 3.63) is 11.6 Å². The standard InChI is InChI=1S/C12H22N4/c1-4-13-12(2,3)11-15-14-10-8-6-5-7-9-16(10)11/h13H,4-9H2,1-3H3. The minimum absolute atomic E-state index is 0.0790. The average molecular weight is 222 g/mol. The molecule has 2 rings (SSSR count). The third kappa shape index (κ3) is 2.12. The van der Waals surface area contributed by atoms with Crippen LogP contribution in [0.5, 0.6) is 0 Å². The molecule has 0 saturated carbocycles. The summed E-state index contributed by atoms with van der Waals surface area (Å²) in [5.74, 6) is 2.25. The molecule has 1 aromatic heterocycles. The van der Waals surface area contributed by atoms with E-state index < -0.39 is 0 Å². The molecule has 90 valence electrons. The van der Waals surface area contributed by atoms with Gasteiger partial charge in [-0.25, -0.2) is 0 Å². The van der Waals surface area contributed by atoms with Crippen molar-refractivity contribution in [2.75, 3.05) is 6.54 Å². The highest BCUT2D eigenvalue weighted by Crippen LogP contribution is 2.22.